The van der Waals surface area contributed by atoms with Crippen molar-refractivity contribution < 1.29 is 0 Å². The van der Waals surface area contributed by atoms with E-state index in [4.69, 9.17) is 0 Å². The van der Waals surface area contributed by atoms with E-state index in [1.165, 1.54) is 60.2 Å². The molecule has 0 N–H and O–H groups in total. The van der Waals surface area contributed by atoms with Gasteiger partial charge in [0.05, 0.1) is 33.4 Å². The molecule has 2 aromatic heterocycles. The van der Waals surface area contributed by atoms with Crippen LogP contribution in [0.5, 0.6) is 0 Å². The number of hydrogen-bond acceptors (Lipinski definition) is 2. The minimum absolute atomic E-state index is 0.296. The van der Waals surface area contributed by atoms with Crippen LogP contribution in [0.2, 0.25) is 0 Å². The van der Waals surface area contributed by atoms with Gasteiger partial charge in [-0.25, -0.2) is 0 Å². The van der Waals surface area contributed by atoms with Gasteiger partial charge in [0.25, 0.3) is 6.71 Å². The lowest BCUT2D eigenvalue weighted by atomic mass is 9.33. The lowest BCUT2D eigenvalue weighted by Crippen LogP contribution is -2.61. The van der Waals surface area contributed by atoms with Crippen LogP contribution in [0.4, 0.5) is 34.1 Å². The first-order valence-electron chi connectivity index (χ1n) is 39.9. The fourth-order valence-electron chi connectivity index (χ4n) is 18.8. The molecule has 0 amide bonds. The molecule has 0 spiro atoms. The molecule has 4 nitrogen and oxygen atoms in total. The molecule has 2 aliphatic rings. The normalized spacial score (nSPS) is 12.2. The highest BCUT2D eigenvalue weighted by Crippen LogP contribution is 2.56. The van der Waals surface area contributed by atoms with E-state index in [2.05, 4.69) is 451 Å². The van der Waals surface area contributed by atoms with Gasteiger partial charge in [0.1, 0.15) is 0 Å². The second-order valence-electron chi connectivity index (χ2n) is 30.8. The SMILES string of the molecule is Cc1cc(-c2ccccc2)c(N2c3cc(-n4c5ccccc5c5ccccc54)ccc3B3c4ccc(-n5c6ccccc6c6ccccc65)cc4N(c4c(-c5ccccc5)cc(C)cc4-c4cccc(-c5cccc(-c6ccccc6)c5)c4)c4cc(-c5ccccc5)cc2c43)c(-c2cccc(-c3cccc(-c4ccccc4)c3)c2)c1. The summed E-state index contributed by atoms with van der Waals surface area (Å²) in [5.74, 6) is 0. The van der Waals surface area contributed by atoms with E-state index in [1.807, 2.05) is 0 Å². The van der Waals surface area contributed by atoms with Crippen LogP contribution in [0.25, 0.3) is 155 Å². The van der Waals surface area contributed by atoms with E-state index in [0.717, 1.165) is 157 Å². The highest BCUT2D eigenvalue weighted by Gasteiger charge is 2.46. The number of hydrogen-bond donors (Lipinski definition) is 0. The summed E-state index contributed by atoms with van der Waals surface area (Å²) < 4.78 is 5.00. The maximum atomic E-state index is 2.71. The standard InChI is InChI=1S/C110H75BN4/c1-72-60-94(77-36-14-6-15-37-77)109(96(62-72)85-46-28-44-83(66-85)81-42-26-40-79(64-81)74-30-8-3-9-31-74)114-104-70-88(112-100-52-22-18-48-90(100)91-49-19-23-53-101(91)112)56-58-98(104)111-99-59-57-89(113-102-54-24-20-50-92(102)93-51-21-25-55-103(93)113)71-105(99)115(107-69-87(68-106(114)108(107)111)76-34-12-5-13-35-76)110-95(78-38-16-7-17-39-78)61-73(2)63-97(110)86-47-29-45-84(67-86)82-43-27-41-80(65-82)75-32-10-4-11-33-75/h3-71H,1-2H3. The molecule has 18 aromatic carbocycles. The van der Waals surface area contributed by atoms with E-state index in [9.17, 15) is 0 Å². The van der Waals surface area contributed by atoms with Crippen molar-refractivity contribution in [2.45, 2.75) is 13.8 Å². The quantitative estimate of drug-likeness (QED) is 0.107. The van der Waals surface area contributed by atoms with Gasteiger partial charge in [0, 0.05) is 77.9 Å². The van der Waals surface area contributed by atoms with Crippen molar-refractivity contribution in [2.75, 3.05) is 9.80 Å². The molecular weight excluding hydrogens is 1390 g/mol. The lowest BCUT2D eigenvalue weighted by Gasteiger charge is -2.46. The van der Waals surface area contributed by atoms with E-state index >= 15 is 0 Å². The van der Waals surface area contributed by atoms with Crippen LogP contribution in [-0.4, -0.2) is 15.8 Å². The largest absolute Gasteiger partial charge is 0.310 e. The Labute approximate surface area is 670 Å². The van der Waals surface area contributed by atoms with E-state index in [1.54, 1.807) is 0 Å². The maximum Gasteiger partial charge on any atom is 0.252 e. The third-order valence-corrected chi connectivity index (χ3v) is 23.9. The molecule has 0 saturated carbocycles. The first-order chi connectivity index (χ1) is 56.9. The molecule has 20 aromatic rings. The summed E-state index contributed by atoms with van der Waals surface area (Å²) in [5.41, 5.74) is 39.8. The fourth-order valence-corrected chi connectivity index (χ4v) is 18.8. The molecule has 0 fully saturated rings. The Balaban J connectivity index is 0.880. The van der Waals surface area contributed by atoms with Crippen molar-refractivity contribution in [1.29, 1.82) is 0 Å². The Kier molecular flexibility index (Phi) is 16.1. The van der Waals surface area contributed by atoms with Gasteiger partial charge in [0.2, 0.25) is 0 Å². The number of aromatic nitrogens is 2. The molecule has 2 aliphatic heterocycles. The van der Waals surface area contributed by atoms with E-state index < -0.39 is 0 Å². The Morgan fingerprint density at radius 1 is 0.191 bits per heavy atom. The van der Waals surface area contributed by atoms with Gasteiger partial charge >= 0.3 is 0 Å². The summed E-state index contributed by atoms with van der Waals surface area (Å²) in [6.45, 7) is 4.25. The zero-order valence-corrected chi connectivity index (χ0v) is 63.7. The minimum atomic E-state index is -0.296. The molecular formula is C110H75BN4. The number of nitrogens with zero attached hydrogens (tertiary/aromatic N) is 4. The molecule has 538 valence electrons. The van der Waals surface area contributed by atoms with E-state index in [-0.39, 0.29) is 6.71 Å². The van der Waals surface area contributed by atoms with E-state index in [0.29, 0.717) is 0 Å². The molecule has 0 radical (unpaired) electrons. The summed E-state index contributed by atoms with van der Waals surface area (Å²) in [6.07, 6.45) is 0. The first kappa shape index (κ1) is 67.1. The van der Waals surface area contributed by atoms with Gasteiger partial charge in [-0.05, 0) is 228 Å². The second-order valence-corrected chi connectivity index (χ2v) is 30.8. The Morgan fingerprint density at radius 3 is 0.791 bits per heavy atom. The van der Waals surface area contributed by atoms with Crippen LogP contribution < -0.4 is 26.2 Å². The smallest absolute Gasteiger partial charge is 0.252 e. The Morgan fingerprint density at radius 2 is 0.452 bits per heavy atom. The van der Waals surface area contributed by atoms with Crippen LogP contribution in [0.1, 0.15) is 11.1 Å². The van der Waals surface area contributed by atoms with Gasteiger partial charge in [0.15, 0.2) is 0 Å². The minimum Gasteiger partial charge on any atom is -0.310 e. The summed E-state index contributed by atoms with van der Waals surface area (Å²) >= 11 is 0. The zero-order chi connectivity index (χ0) is 76.2. The summed E-state index contributed by atoms with van der Waals surface area (Å²) in [6, 6.07) is 157. The van der Waals surface area contributed by atoms with Gasteiger partial charge in [-0.3, -0.25) is 0 Å². The van der Waals surface area contributed by atoms with Crippen LogP contribution >= 0.6 is 0 Å². The number of aryl methyl sites for hydroxylation is 2. The molecule has 0 bridgehead atoms. The van der Waals surface area contributed by atoms with Crippen molar-refractivity contribution in [3.63, 3.8) is 0 Å². The summed E-state index contributed by atoms with van der Waals surface area (Å²) in [7, 11) is 0. The number of anilines is 6. The average molecular weight is 1460 g/mol. The fraction of sp³-hybridized carbons (Fsp3) is 0.0182. The molecule has 115 heavy (non-hydrogen) atoms. The number of benzene rings is 18. The van der Waals surface area contributed by atoms with Gasteiger partial charge in [-0.15, -0.1) is 0 Å². The van der Waals surface area contributed by atoms with Crippen molar-refractivity contribution in [3.8, 4) is 112 Å². The average Bonchev–Trinajstić information content (AvgIpc) is 1.56. The molecule has 5 heteroatoms. The molecule has 22 rings (SSSR count). The Hall–Kier alpha value is -14.8. The predicted molar refractivity (Wildman–Crippen MR) is 488 cm³/mol. The molecule has 0 saturated heterocycles. The molecule has 0 aliphatic carbocycles. The van der Waals surface area contributed by atoms with Crippen molar-refractivity contribution in [3.05, 3.63) is 430 Å². The van der Waals surface area contributed by atoms with Gasteiger partial charge in [-0.2, -0.15) is 0 Å². The van der Waals surface area contributed by atoms with Crippen LogP contribution in [0, 0.1) is 13.8 Å². The predicted octanol–water partition coefficient (Wildman–Crippen LogP) is 27.6. The summed E-state index contributed by atoms with van der Waals surface area (Å²) in [5, 5.41) is 4.86. The number of fused-ring (bicyclic) bond motifs is 10. The van der Waals surface area contributed by atoms with Crippen molar-refractivity contribution in [1.82, 2.24) is 9.13 Å². The third-order valence-electron chi connectivity index (χ3n) is 23.9. The lowest BCUT2D eigenvalue weighted by molar-refractivity contribution is 1.17. The topological polar surface area (TPSA) is 16.3 Å². The zero-order valence-electron chi connectivity index (χ0n) is 63.7. The highest BCUT2D eigenvalue weighted by molar-refractivity contribution is 7.00. The van der Waals surface area contributed by atoms with Crippen LogP contribution in [0.15, 0.2) is 419 Å². The van der Waals surface area contributed by atoms with Gasteiger partial charge in [-0.1, -0.05) is 309 Å². The summed E-state index contributed by atoms with van der Waals surface area (Å²) in [4.78, 5) is 5.43. The highest BCUT2D eigenvalue weighted by atomic mass is 15.2. The number of para-hydroxylation sites is 4. The first-order valence-corrected chi connectivity index (χ1v) is 39.9. The van der Waals surface area contributed by atoms with Crippen LogP contribution in [-0.2, 0) is 0 Å². The monoisotopic (exact) mass is 1460 g/mol. The molecule has 0 unspecified atom stereocenters. The number of rotatable bonds is 13. The Bertz CT molecular complexity index is 6730. The van der Waals surface area contributed by atoms with Crippen LogP contribution in [0.3, 0.4) is 0 Å². The third kappa shape index (κ3) is 11.4. The van der Waals surface area contributed by atoms with Gasteiger partial charge < -0.3 is 18.9 Å². The second kappa shape index (κ2) is 27.6. The molecule has 4 heterocycles. The molecule has 0 atom stereocenters. The van der Waals surface area contributed by atoms with Crippen molar-refractivity contribution in [2.24, 2.45) is 0 Å². The van der Waals surface area contributed by atoms with Crippen molar-refractivity contribution >= 4 is 101 Å². The maximum absolute atomic E-state index is 2.71.